The molecule has 4 rings (SSSR count). The maximum absolute atomic E-state index is 13.2. The molecule has 1 N–H and O–H groups in total. The Balaban J connectivity index is 1.50. The van der Waals surface area contributed by atoms with Gasteiger partial charge in [-0.25, -0.2) is 4.79 Å². The van der Waals surface area contributed by atoms with E-state index in [4.69, 9.17) is 4.74 Å². The van der Waals surface area contributed by atoms with Crippen molar-refractivity contribution in [1.29, 1.82) is 0 Å². The second kappa shape index (κ2) is 7.50. The van der Waals surface area contributed by atoms with E-state index in [1.807, 2.05) is 41.0 Å². The summed E-state index contributed by atoms with van der Waals surface area (Å²) in [6, 6.07) is 7.70. The number of amides is 3. The van der Waals surface area contributed by atoms with Crippen LogP contribution in [0.3, 0.4) is 0 Å². The second-order valence-electron chi connectivity index (χ2n) is 8.24. The van der Waals surface area contributed by atoms with Crippen LogP contribution in [0.15, 0.2) is 24.3 Å². The number of benzene rings is 1. The minimum Gasteiger partial charge on any atom is -0.381 e. The van der Waals surface area contributed by atoms with Gasteiger partial charge in [-0.05, 0) is 44.7 Å². The van der Waals surface area contributed by atoms with Crippen LogP contribution in [0.1, 0.15) is 31.2 Å². The van der Waals surface area contributed by atoms with Gasteiger partial charge >= 0.3 is 6.03 Å². The molecule has 1 spiro atoms. The maximum Gasteiger partial charge on any atom is 0.321 e. The molecule has 146 valence electrons. The van der Waals surface area contributed by atoms with Crippen molar-refractivity contribution in [3.63, 3.8) is 0 Å². The third kappa shape index (κ3) is 3.68. The Kier molecular flexibility index (Phi) is 5.08. The molecule has 1 unspecified atom stereocenters. The molecule has 0 radical (unpaired) electrons. The van der Waals surface area contributed by atoms with E-state index in [9.17, 15) is 9.59 Å². The van der Waals surface area contributed by atoms with Crippen LogP contribution in [0.5, 0.6) is 0 Å². The number of anilines is 1. The number of urea groups is 1. The molecule has 0 aromatic heterocycles. The molecule has 3 fully saturated rings. The first kappa shape index (κ1) is 18.3. The first-order valence-electron chi connectivity index (χ1n) is 10.1. The van der Waals surface area contributed by atoms with Crippen molar-refractivity contribution in [2.75, 3.05) is 44.7 Å². The fraction of sp³-hybridized carbons (Fsp3) is 0.619. The van der Waals surface area contributed by atoms with Crippen LogP contribution in [0.2, 0.25) is 0 Å². The summed E-state index contributed by atoms with van der Waals surface area (Å²) in [6.45, 7) is 6.24. The minimum atomic E-state index is -0.136. The molecule has 1 atom stereocenters. The lowest BCUT2D eigenvalue weighted by atomic mass is 9.71. The van der Waals surface area contributed by atoms with Crippen LogP contribution in [-0.2, 0) is 9.53 Å². The average molecular weight is 371 g/mol. The van der Waals surface area contributed by atoms with Crippen molar-refractivity contribution >= 4 is 17.6 Å². The normalized spacial score (nSPS) is 24.4. The number of hydrogen-bond acceptors (Lipinski definition) is 3. The summed E-state index contributed by atoms with van der Waals surface area (Å²) in [5, 5.41) is 2.99. The molecule has 1 aromatic carbocycles. The van der Waals surface area contributed by atoms with Gasteiger partial charge in [0.1, 0.15) is 0 Å². The zero-order valence-corrected chi connectivity index (χ0v) is 16.1. The molecule has 3 aliphatic rings. The zero-order chi connectivity index (χ0) is 18.9. The molecular weight excluding hydrogens is 342 g/mol. The summed E-state index contributed by atoms with van der Waals surface area (Å²) < 4.78 is 5.57. The zero-order valence-electron chi connectivity index (χ0n) is 16.1. The topological polar surface area (TPSA) is 61.9 Å². The molecule has 3 amide bonds. The Morgan fingerprint density at radius 3 is 2.41 bits per heavy atom. The van der Waals surface area contributed by atoms with Crippen molar-refractivity contribution in [2.24, 2.45) is 11.3 Å². The Morgan fingerprint density at radius 1 is 1.07 bits per heavy atom. The van der Waals surface area contributed by atoms with Crippen molar-refractivity contribution in [3.05, 3.63) is 29.8 Å². The van der Waals surface area contributed by atoms with Crippen molar-refractivity contribution < 1.29 is 14.3 Å². The number of likely N-dealkylation sites (tertiary alicyclic amines) is 2. The van der Waals surface area contributed by atoms with Crippen LogP contribution in [0.4, 0.5) is 10.5 Å². The Hall–Kier alpha value is -2.08. The highest BCUT2D eigenvalue weighted by molar-refractivity contribution is 5.91. The molecule has 0 aliphatic carbocycles. The van der Waals surface area contributed by atoms with E-state index in [1.165, 1.54) is 0 Å². The molecule has 0 bridgehead atoms. The lowest BCUT2D eigenvalue weighted by Crippen LogP contribution is -2.45. The summed E-state index contributed by atoms with van der Waals surface area (Å²) >= 11 is 0. The van der Waals surface area contributed by atoms with Crippen LogP contribution in [0, 0.1) is 18.3 Å². The van der Waals surface area contributed by atoms with Crippen LogP contribution in [0.25, 0.3) is 0 Å². The fourth-order valence-corrected chi connectivity index (χ4v) is 4.75. The Bertz CT molecular complexity index is 691. The third-order valence-corrected chi connectivity index (χ3v) is 6.44. The number of aryl methyl sites for hydroxylation is 1. The van der Waals surface area contributed by atoms with E-state index in [-0.39, 0.29) is 23.3 Å². The SMILES string of the molecule is Cc1ccc(NC(=O)N2CC(C(=O)N3CCCC3)C3(CCOCC3)C2)cc1. The number of nitrogens with one attached hydrogen (secondary N) is 1. The molecule has 1 aromatic rings. The van der Waals surface area contributed by atoms with E-state index in [2.05, 4.69) is 5.32 Å². The highest BCUT2D eigenvalue weighted by atomic mass is 16.5. The Morgan fingerprint density at radius 2 is 1.74 bits per heavy atom. The monoisotopic (exact) mass is 371 g/mol. The van der Waals surface area contributed by atoms with Crippen LogP contribution in [-0.4, -0.2) is 61.1 Å². The van der Waals surface area contributed by atoms with Gasteiger partial charge in [0.25, 0.3) is 0 Å². The number of nitrogens with zero attached hydrogens (tertiary/aromatic N) is 2. The fourth-order valence-electron chi connectivity index (χ4n) is 4.75. The molecular formula is C21H29N3O3. The molecule has 0 saturated carbocycles. The van der Waals surface area contributed by atoms with Crippen molar-refractivity contribution in [2.45, 2.75) is 32.6 Å². The summed E-state index contributed by atoms with van der Waals surface area (Å²) in [5.41, 5.74) is 1.82. The maximum atomic E-state index is 13.2. The number of carbonyl (C=O) groups is 2. The van der Waals surface area contributed by atoms with Gasteiger partial charge < -0.3 is 19.9 Å². The highest BCUT2D eigenvalue weighted by Gasteiger charge is 2.52. The number of ether oxygens (including phenoxy) is 1. The third-order valence-electron chi connectivity index (χ3n) is 6.44. The molecule has 27 heavy (non-hydrogen) atoms. The van der Waals surface area contributed by atoms with Gasteiger partial charge in [0, 0.05) is 50.5 Å². The van der Waals surface area contributed by atoms with Gasteiger partial charge in [-0.3, -0.25) is 4.79 Å². The Labute approximate surface area is 160 Å². The van der Waals surface area contributed by atoms with E-state index in [0.29, 0.717) is 26.3 Å². The summed E-state index contributed by atoms with van der Waals surface area (Å²) in [6.07, 6.45) is 3.88. The summed E-state index contributed by atoms with van der Waals surface area (Å²) in [7, 11) is 0. The number of hydrogen-bond donors (Lipinski definition) is 1. The smallest absolute Gasteiger partial charge is 0.321 e. The standard InChI is InChI=1S/C21H29N3O3/c1-16-4-6-17(7-5-16)22-20(26)24-14-18(19(25)23-10-2-3-11-23)21(15-24)8-12-27-13-9-21/h4-7,18H,2-3,8-15H2,1H3,(H,22,26). The predicted octanol–water partition coefficient (Wildman–Crippen LogP) is 2.88. The highest BCUT2D eigenvalue weighted by Crippen LogP contribution is 2.45. The lowest BCUT2D eigenvalue weighted by molar-refractivity contribution is -0.139. The van der Waals surface area contributed by atoms with E-state index >= 15 is 0 Å². The second-order valence-corrected chi connectivity index (χ2v) is 8.24. The molecule has 3 heterocycles. The lowest BCUT2D eigenvalue weighted by Gasteiger charge is -2.38. The molecule has 3 saturated heterocycles. The van der Waals surface area contributed by atoms with E-state index < -0.39 is 0 Å². The molecule has 6 heteroatoms. The largest absolute Gasteiger partial charge is 0.381 e. The van der Waals surface area contributed by atoms with Crippen molar-refractivity contribution in [1.82, 2.24) is 9.80 Å². The predicted molar refractivity (Wildman–Crippen MR) is 104 cm³/mol. The van der Waals surface area contributed by atoms with Crippen LogP contribution >= 0.6 is 0 Å². The minimum absolute atomic E-state index is 0.108. The first-order valence-corrected chi connectivity index (χ1v) is 10.1. The number of carbonyl (C=O) groups excluding carboxylic acids is 2. The average Bonchev–Trinajstić information content (AvgIpc) is 3.33. The van der Waals surface area contributed by atoms with Crippen LogP contribution < -0.4 is 5.32 Å². The summed E-state index contributed by atoms with van der Waals surface area (Å²) in [5.74, 6) is 0.128. The van der Waals surface area contributed by atoms with Gasteiger partial charge in [-0.15, -0.1) is 0 Å². The van der Waals surface area contributed by atoms with Gasteiger partial charge in [-0.1, -0.05) is 17.7 Å². The van der Waals surface area contributed by atoms with Gasteiger partial charge in [0.15, 0.2) is 0 Å². The number of rotatable bonds is 2. The van der Waals surface area contributed by atoms with Crippen molar-refractivity contribution in [3.8, 4) is 0 Å². The first-order chi connectivity index (χ1) is 13.1. The van der Waals surface area contributed by atoms with Gasteiger partial charge in [0.05, 0.1) is 5.92 Å². The molecule has 3 aliphatic heterocycles. The van der Waals surface area contributed by atoms with E-state index in [1.54, 1.807) is 0 Å². The summed E-state index contributed by atoms with van der Waals surface area (Å²) in [4.78, 5) is 29.9. The molecule has 6 nitrogen and oxygen atoms in total. The van der Waals surface area contributed by atoms with Gasteiger partial charge in [0.2, 0.25) is 5.91 Å². The quantitative estimate of drug-likeness (QED) is 0.870. The van der Waals surface area contributed by atoms with Gasteiger partial charge in [-0.2, -0.15) is 0 Å². The van der Waals surface area contributed by atoms with E-state index in [0.717, 1.165) is 50.0 Å².